The number of aromatic nitrogens is 2. The summed E-state index contributed by atoms with van der Waals surface area (Å²) >= 11 is 0. The predicted molar refractivity (Wildman–Crippen MR) is 116 cm³/mol. The summed E-state index contributed by atoms with van der Waals surface area (Å²) in [5.74, 6) is 1.81. The molecule has 1 saturated heterocycles. The average molecular weight is 381 g/mol. The number of guanidine groups is 1. The van der Waals surface area contributed by atoms with E-state index >= 15 is 0 Å². The van der Waals surface area contributed by atoms with Gasteiger partial charge in [-0.15, -0.1) is 0 Å². The van der Waals surface area contributed by atoms with E-state index in [-0.39, 0.29) is 5.41 Å². The summed E-state index contributed by atoms with van der Waals surface area (Å²) < 4.78 is 0. The molecule has 1 N–H and O–H groups in total. The van der Waals surface area contributed by atoms with Gasteiger partial charge >= 0.3 is 0 Å². The van der Waals surface area contributed by atoms with E-state index in [1.807, 2.05) is 6.07 Å². The van der Waals surface area contributed by atoms with E-state index in [0.717, 1.165) is 51.2 Å². The number of hydrogen-bond donors (Lipinski definition) is 1. The molecule has 0 atom stereocenters. The smallest absolute Gasteiger partial charge is 0.225 e. The molecule has 1 aliphatic rings. The Labute approximate surface area is 168 Å². The highest BCUT2D eigenvalue weighted by atomic mass is 15.4. The van der Waals surface area contributed by atoms with Gasteiger partial charge in [0.2, 0.25) is 5.95 Å². The van der Waals surface area contributed by atoms with Crippen LogP contribution in [0.1, 0.15) is 31.9 Å². The van der Waals surface area contributed by atoms with Gasteiger partial charge in [0.15, 0.2) is 5.96 Å². The molecular formula is C22H32N6. The SMILES string of the molecule is CCNC(=NCC(C)(C)c1cccc(C)c1)N1CCN(c2ncccn2)CC1. The van der Waals surface area contributed by atoms with Gasteiger partial charge in [0.25, 0.3) is 0 Å². The molecule has 6 heteroatoms. The first-order valence-electron chi connectivity index (χ1n) is 10.1. The minimum Gasteiger partial charge on any atom is -0.357 e. The topological polar surface area (TPSA) is 56.7 Å². The van der Waals surface area contributed by atoms with E-state index < -0.39 is 0 Å². The molecule has 1 fully saturated rings. The lowest BCUT2D eigenvalue weighted by molar-refractivity contribution is 0.368. The van der Waals surface area contributed by atoms with Crippen molar-refractivity contribution in [1.29, 1.82) is 0 Å². The third-order valence-corrected chi connectivity index (χ3v) is 5.17. The van der Waals surface area contributed by atoms with Gasteiger partial charge in [0.05, 0.1) is 6.54 Å². The second-order valence-corrected chi connectivity index (χ2v) is 7.95. The van der Waals surface area contributed by atoms with Gasteiger partial charge in [-0.05, 0) is 25.5 Å². The van der Waals surface area contributed by atoms with Crippen LogP contribution in [0.4, 0.5) is 5.95 Å². The van der Waals surface area contributed by atoms with Crippen molar-refractivity contribution in [2.45, 2.75) is 33.1 Å². The predicted octanol–water partition coefficient (Wildman–Crippen LogP) is 2.85. The Kier molecular flexibility index (Phi) is 6.49. The van der Waals surface area contributed by atoms with Crippen molar-refractivity contribution in [3.63, 3.8) is 0 Å². The molecule has 0 amide bonds. The second-order valence-electron chi connectivity index (χ2n) is 7.95. The van der Waals surface area contributed by atoms with E-state index in [4.69, 9.17) is 4.99 Å². The maximum Gasteiger partial charge on any atom is 0.225 e. The number of nitrogens with zero attached hydrogens (tertiary/aromatic N) is 5. The van der Waals surface area contributed by atoms with Crippen LogP contribution in [-0.2, 0) is 5.41 Å². The Balaban J connectivity index is 1.66. The molecular weight excluding hydrogens is 348 g/mol. The number of piperazine rings is 1. The van der Waals surface area contributed by atoms with Crippen LogP contribution in [0.15, 0.2) is 47.7 Å². The van der Waals surface area contributed by atoms with Crippen LogP contribution in [0.3, 0.4) is 0 Å². The highest BCUT2D eigenvalue weighted by molar-refractivity contribution is 5.80. The molecule has 3 rings (SSSR count). The van der Waals surface area contributed by atoms with Crippen molar-refractivity contribution >= 4 is 11.9 Å². The fourth-order valence-electron chi connectivity index (χ4n) is 3.43. The molecule has 150 valence electrons. The second kappa shape index (κ2) is 9.04. The third-order valence-electron chi connectivity index (χ3n) is 5.17. The van der Waals surface area contributed by atoms with Crippen molar-refractivity contribution in [3.05, 3.63) is 53.9 Å². The molecule has 0 saturated carbocycles. The number of aliphatic imine (C=N–C) groups is 1. The molecule has 0 unspecified atom stereocenters. The number of aryl methyl sites for hydroxylation is 1. The van der Waals surface area contributed by atoms with E-state index in [9.17, 15) is 0 Å². The number of hydrogen-bond acceptors (Lipinski definition) is 4. The van der Waals surface area contributed by atoms with Gasteiger partial charge in [-0.25, -0.2) is 9.97 Å². The summed E-state index contributed by atoms with van der Waals surface area (Å²) in [5, 5.41) is 3.47. The minimum atomic E-state index is -0.00755. The van der Waals surface area contributed by atoms with Gasteiger partial charge in [-0.1, -0.05) is 43.7 Å². The molecule has 0 aliphatic carbocycles. The molecule has 1 aliphatic heterocycles. The lowest BCUT2D eigenvalue weighted by Crippen LogP contribution is -2.53. The van der Waals surface area contributed by atoms with Gasteiger partial charge in [0.1, 0.15) is 0 Å². The molecule has 2 heterocycles. The first-order valence-corrected chi connectivity index (χ1v) is 10.1. The summed E-state index contributed by atoms with van der Waals surface area (Å²) in [6.07, 6.45) is 3.60. The zero-order valence-electron chi connectivity index (χ0n) is 17.5. The summed E-state index contributed by atoms with van der Waals surface area (Å²) in [7, 11) is 0. The third kappa shape index (κ3) is 5.00. The van der Waals surface area contributed by atoms with Crippen molar-refractivity contribution in [2.24, 2.45) is 4.99 Å². The molecule has 28 heavy (non-hydrogen) atoms. The molecule has 2 aromatic rings. The monoisotopic (exact) mass is 380 g/mol. The number of rotatable bonds is 5. The van der Waals surface area contributed by atoms with Crippen LogP contribution in [0.5, 0.6) is 0 Å². The average Bonchev–Trinajstić information content (AvgIpc) is 2.72. The quantitative estimate of drug-likeness (QED) is 0.638. The maximum absolute atomic E-state index is 4.99. The van der Waals surface area contributed by atoms with E-state index in [1.54, 1.807) is 12.4 Å². The fourth-order valence-corrected chi connectivity index (χ4v) is 3.43. The molecule has 1 aromatic carbocycles. The highest BCUT2D eigenvalue weighted by Gasteiger charge is 2.24. The van der Waals surface area contributed by atoms with Crippen LogP contribution in [0.25, 0.3) is 0 Å². The molecule has 0 spiro atoms. The Morgan fingerprint density at radius 1 is 1.11 bits per heavy atom. The molecule has 6 nitrogen and oxygen atoms in total. The minimum absolute atomic E-state index is 0.00755. The van der Waals surface area contributed by atoms with Crippen molar-refractivity contribution in [3.8, 4) is 0 Å². The largest absolute Gasteiger partial charge is 0.357 e. The van der Waals surface area contributed by atoms with Crippen LogP contribution in [-0.4, -0.2) is 60.1 Å². The van der Waals surface area contributed by atoms with E-state index in [1.165, 1.54) is 11.1 Å². The van der Waals surface area contributed by atoms with Crippen molar-refractivity contribution < 1.29 is 0 Å². The summed E-state index contributed by atoms with van der Waals surface area (Å²) in [6, 6.07) is 10.6. The van der Waals surface area contributed by atoms with Crippen molar-refractivity contribution in [2.75, 3.05) is 44.2 Å². The van der Waals surface area contributed by atoms with Gasteiger partial charge in [-0.3, -0.25) is 4.99 Å². The Morgan fingerprint density at radius 2 is 1.82 bits per heavy atom. The normalized spacial score (nSPS) is 15.6. The summed E-state index contributed by atoms with van der Waals surface area (Å²) in [5.41, 5.74) is 2.62. The Hall–Kier alpha value is -2.63. The zero-order chi connectivity index (χ0) is 20.0. The molecule has 1 aromatic heterocycles. The highest BCUT2D eigenvalue weighted by Crippen LogP contribution is 2.24. The van der Waals surface area contributed by atoms with Crippen LogP contribution in [0.2, 0.25) is 0 Å². The van der Waals surface area contributed by atoms with Gasteiger partial charge in [0, 0.05) is 50.5 Å². The first kappa shape index (κ1) is 20.1. The van der Waals surface area contributed by atoms with E-state index in [2.05, 4.69) is 77.0 Å². The lowest BCUT2D eigenvalue weighted by atomic mass is 9.84. The molecule has 0 radical (unpaired) electrons. The van der Waals surface area contributed by atoms with Crippen LogP contribution in [0, 0.1) is 6.92 Å². The standard InChI is InChI=1S/C22H32N6/c1-5-23-20(26-17-22(3,4)19-9-6-8-18(2)16-19)27-12-14-28(15-13-27)21-24-10-7-11-25-21/h6-11,16H,5,12-15,17H2,1-4H3,(H,23,26). The van der Waals surface area contributed by atoms with Gasteiger partial charge < -0.3 is 15.1 Å². The Morgan fingerprint density at radius 3 is 2.46 bits per heavy atom. The van der Waals surface area contributed by atoms with Gasteiger partial charge in [-0.2, -0.15) is 0 Å². The van der Waals surface area contributed by atoms with Crippen molar-refractivity contribution in [1.82, 2.24) is 20.2 Å². The summed E-state index contributed by atoms with van der Waals surface area (Å²) in [4.78, 5) is 18.3. The first-order chi connectivity index (χ1) is 13.5. The number of nitrogens with one attached hydrogen (secondary N) is 1. The van der Waals surface area contributed by atoms with Crippen LogP contribution >= 0.6 is 0 Å². The van der Waals surface area contributed by atoms with Crippen LogP contribution < -0.4 is 10.2 Å². The fraction of sp³-hybridized carbons (Fsp3) is 0.500. The molecule has 0 bridgehead atoms. The Bertz CT molecular complexity index is 779. The van der Waals surface area contributed by atoms with E-state index in [0.29, 0.717) is 0 Å². The summed E-state index contributed by atoms with van der Waals surface area (Å²) in [6.45, 7) is 14.0. The lowest BCUT2D eigenvalue weighted by Gasteiger charge is -2.37. The zero-order valence-corrected chi connectivity index (χ0v) is 17.5. The number of benzene rings is 1. The maximum atomic E-state index is 4.99. The number of anilines is 1.